The van der Waals surface area contributed by atoms with Gasteiger partial charge < -0.3 is 24.4 Å². The Balaban J connectivity index is 1.64. The van der Waals surface area contributed by atoms with Gasteiger partial charge in [-0.3, -0.25) is 0 Å². The minimum atomic E-state index is -0.863. The van der Waals surface area contributed by atoms with Crippen molar-refractivity contribution in [3.63, 3.8) is 0 Å². The molecule has 2 N–H and O–H groups in total. The van der Waals surface area contributed by atoms with Crippen molar-refractivity contribution in [2.24, 2.45) is 0 Å². The first-order valence-corrected chi connectivity index (χ1v) is 8.86. The quantitative estimate of drug-likeness (QED) is 0.674. The molecule has 1 aliphatic heterocycles. The van der Waals surface area contributed by atoms with E-state index in [1.165, 1.54) is 5.56 Å². The van der Waals surface area contributed by atoms with Gasteiger partial charge in [-0.2, -0.15) is 0 Å². The van der Waals surface area contributed by atoms with Gasteiger partial charge in [-0.25, -0.2) is 0 Å². The molecule has 1 saturated heterocycles. The predicted molar refractivity (Wildman–Crippen MR) is 98.8 cm³/mol. The van der Waals surface area contributed by atoms with E-state index in [0.717, 1.165) is 17.9 Å². The van der Waals surface area contributed by atoms with Crippen LogP contribution in [0.3, 0.4) is 0 Å². The highest BCUT2D eigenvalue weighted by Crippen LogP contribution is 2.33. The standard InChI is InChI=1S/C21H26O5/c1-21(2,15-3-7-18(8-4-15)24-12-17(23)11-22)16-5-9-19(10-6-16)25-13-20-14-26-20/h3-10,17,20,22-23H,11-14H2,1-2H3/t17-,20-/m1/s1. The van der Waals surface area contributed by atoms with E-state index in [-0.39, 0.29) is 24.7 Å². The van der Waals surface area contributed by atoms with Crippen molar-refractivity contribution in [3.8, 4) is 11.5 Å². The van der Waals surface area contributed by atoms with Crippen molar-refractivity contribution < 1.29 is 24.4 Å². The molecule has 2 atom stereocenters. The van der Waals surface area contributed by atoms with Crippen LogP contribution in [0.5, 0.6) is 11.5 Å². The lowest BCUT2D eigenvalue weighted by atomic mass is 9.78. The van der Waals surface area contributed by atoms with Gasteiger partial charge >= 0.3 is 0 Å². The molecule has 26 heavy (non-hydrogen) atoms. The van der Waals surface area contributed by atoms with Crippen LogP contribution in [0.1, 0.15) is 25.0 Å². The van der Waals surface area contributed by atoms with Crippen molar-refractivity contribution in [2.45, 2.75) is 31.5 Å². The van der Waals surface area contributed by atoms with Gasteiger partial charge in [0.25, 0.3) is 0 Å². The lowest BCUT2D eigenvalue weighted by Crippen LogP contribution is -2.21. The molecule has 2 aromatic rings. The van der Waals surface area contributed by atoms with Gasteiger partial charge in [0.1, 0.15) is 36.9 Å². The molecule has 5 nitrogen and oxygen atoms in total. The first-order chi connectivity index (χ1) is 12.5. The van der Waals surface area contributed by atoms with Crippen LogP contribution < -0.4 is 9.47 Å². The topological polar surface area (TPSA) is 71.5 Å². The SMILES string of the molecule is CC(C)(c1ccc(OC[C@H](O)CO)cc1)c1ccc(OC[C@@H]2CO2)cc1. The fraction of sp³-hybridized carbons (Fsp3) is 0.429. The molecule has 0 aromatic heterocycles. The Morgan fingerprint density at radius 1 is 1.00 bits per heavy atom. The highest BCUT2D eigenvalue weighted by atomic mass is 16.6. The van der Waals surface area contributed by atoms with Crippen LogP contribution in [0, 0.1) is 0 Å². The van der Waals surface area contributed by atoms with Crippen LogP contribution in [0.25, 0.3) is 0 Å². The Morgan fingerprint density at radius 2 is 1.50 bits per heavy atom. The van der Waals surface area contributed by atoms with Crippen LogP contribution >= 0.6 is 0 Å². The van der Waals surface area contributed by atoms with E-state index >= 15 is 0 Å². The van der Waals surface area contributed by atoms with E-state index in [1.54, 1.807) is 0 Å². The van der Waals surface area contributed by atoms with Crippen LogP contribution in [-0.2, 0) is 10.2 Å². The Labute approximate surface area is 154 Å². The van der Waals surface area contributed by atoms with Crippen molar-refractivity contribution in [1.29, 1.82) is 0 Å². The van der Waals surface area contributed by atoms with Crippen molar-refractivity contribution in [2.75, 3.05) is 26.4 Å². The van der Waals surface area contributed by atoms with Gasteiger partial charge in [-0.05, 0) is 35.4 Å². The zero-order chi connectivity index (χ0) is 18.6. The molecule has 140 valence electrons. The van der Waals surface area contributed by atoms with Gasteiger partial charge in [0.2, 0.25) is 0 Å². The zero-order valence-corrected chi connectivity index (χ0v) is 15.2. The summed E-state index contributed by atoms with van der Waals surface area (Å²) in [4.78, 5) is 0. The molecule has 2 aromatic carbocycles. The van der Waals surface area contributed by atoms with Crippen molar-refractivity contribution in [3.05, 3.63) is 59.7 Å². The van der Waals surface area contributed by atoms with E-state index in [9.17, 15) is 5.11 Å². The average Bonchev–Trinajstić information content (AvgIpc) is 3.49. The molecular formula is C21H26O5. The summed E-state index contributed by atoms with van der Waals surface area (Å²) in [6.45, 7) is 5.52. The van der Waals surface area contributed by atoms with E-state index in [1.807, 2.05) is 36.4 Å². The fourth-order valence-corrected chi connectivity index (χ4v) is 2.70. The molecule has 1 heterocycles. The third kappa shape index (κ3) is 4.75. The maximum absolute atomic E-state index is 9.35. The minimum Gasteiger partial charge on any atom is -0.491 e. The number of aliphatic hydroxyl groups is 2. The Hall–Kier alpha value is -2.08. The number of hydrogen-bond donors (Lipinski definition) is 2. The van der Waals surface area contributed by atoms with E-state index < -0.39 is 6.10 Å². The normalized spacial score (nSPS) is 17.6. The zero-order valence-electron chi connectivity index (χ0n) is 15.2. The van der Waals surface area contributed by atoms with Crippen molar-refractivity contribution >= 4 is 0 Å². The van der Waals surface area contributed by atoms with E-state index in [0.29, 0.717) is 12.4 Å². The average molecular weight is 358 g/mol. The Bertz CT molecular complexity index is 689. The molecule has 0 aliphatic carbocycles. The molecule has 1 aliphatic rings. The van der Waals surface area contributed by atoms with Gasteiger partial charge in [0.05, 0.1) is 13.2 Å². The second-order valence-corrected chi connectivity index (χ2v) is 7.09. The first kappa shape index (κ1) is 18.7. The van der Waals surface area contributed by atoms with E-state index in [2.05, 4.69) is 26.0 Å². The number of aliphatic hydroxyl groups excluding tert-OH is 2. The van der Waals surface area contributed by atoms with Crippen LogP contribution in [0.15, 0.2) is 48.5 Å². The number of rotatable bonds is 9. The molecule has 3 rings (SSSR count). The maximum Gasteiger partial charge on any atom is 0.119 e. The molecule has 1 fully saturated rings. The largest absolute Gasteiger partial charge is 0.491 e. The number of hydrogen-bond acceptors (Lipinski definition) is 5. The summed E-state index contributed by atoms with van der Waals surface area (Å²) >= 11 is 0. The predicted octanol–water partition coefficient (Wildman–Crippen LogP) is 2.52. The molecule has 0 saturated carbocycles. The van der Waals surface area contributed by atoms with Gasteiger partial charge in [0.15, 0.2) is 0 Å². The van der Waals surface area contributed by atoms with E-state index in [4.69, 9.17) is 19.3 Å². The molecule has 0 amide bonds. The highest BCUT2D eigenvalue weighted by Gasteiger charge is 2.24. The third-order valence-electron chi connectivity index (χ3n) is 4.64. The Kier molecular flexibility index (Phi) is 5.81. The number of ether oxygens (including phenoxy) is 3. The summed E-state index contributed by atoms with van der Waals surface area (Å²) in [7, 11) is 0. The van der Waals surface area contributed by atoms with Crippen LogP contribution in [-0.4, -0.2) is 48.8 Å². The molecular weight excluding hydrogens is 332 g/mol. The molecule has 0 bridgehead atoms. The van der Waals surface area contributed by atoms with Crippen LogP contribution in [0.4, 0.5) is 0 Å². The summed E-state index contributed by atoms with van der Waals surface area (Å²) in [6, 6.07) is 16.0. The lowest BCUT2D eigenvalue weighted by Gasteiger charge is -2.26. The summed E-state index contributed by atoms with van der Waals surface area (Å²) in [5, 5.41) is 18.2. The van der Waals surface area contributed by atoms with Crippen LogP contribution in [0.2, 0.25) is 0 Å². The second kappa shape index (κ2) is 8.08. The summed E-state index contributed by atoms with van der Waals surface area (Å²) in [5.74, 6) is 1.52. The summed E-state index contributed by atoms with van der Waals surface area (Å²) in [5.41, 5.74) is 2.19. The van der Waals surface area contributed by atoms with Gasteiger partial charge in [-0.15, -0.1) is 0 Å². The maximum atomic E-state index is 9.35. The molecule has 5 heteroatoms. The van der Waals surface area contributed by atoms with Gasteiger partial charge in [0, 0.05) is 5.41 Å². The number of epoxide rings is 1. The fourth-order valence-electron chi connectivity index (χ4n) is 2.70. The molecule has 0 unspecified atom stereocenters. The highest BCUT2D eigenvalue weighted by molar-refractivity contribution is 5.41. The first-order valence-electron chi connectivity index (χ1n) is 8.86. The number of benzene rings is 2. The van der Waals surface area contributed by atoms with Gasteiger partial charge in [-0.1, -0.05) is 38.1 Å². The summed E-state index contributed by atoms with van der Waals surface area (Å²) < 4.78 is 16.3. The summed E-state index contributed by atoms with van der Waals surface area (Å²) in [6.07, 6.45) is -0.608. The van der Waals surface area contributed by atoms with Crippen molar-refractivity contribution in [1.82, 2.24) is 0 Å². The Morgan fingerprint density at radius 3 is 1.96 bits per heavy atom. The minimum absolute atomic E-state index is 0.0760. The smallest absolute Gasteiger partial charge is 0.119 e. The second-order valence-electron chi connectivity index (χ2n) is 7.09. The molecule has 0 radical (unpaired) electrons. The lowest BCUT2D eigenvalue weighted by molar-refractivity contribution is 0.0536. The third-order valence-corrected chi connectivity index (χ3v) is 4.64. The molecule has 0 spiro atoms. The monoisotopic (exact) mass is 358 g/mol.